The molecule has 142 valence electrons. The van der Waals surface area contributed by atoms with Crippen LogP contribution in [0, 0.1) is 13.8 Å². The number of anilines is 1. The van der Waals surface area contributed by atoms with Crippen LogP contribution in [0.3, 0.4) is 0 Å². The summed E-state index contributed by atoms with van der Waals surface area (Å²) in [5, 5.41) is 1.15. The Morgan fingerprint density at radius 1 is 0.893 bits per heavy atom. The van der Waals surface area contributed by atoms with Gasteiger partial charge in [0.05, 0.1) is 0 Å². The SMILES string of the molecule is Cc1cc(C=Cc2ccc3cc(N)ccc3[n+]2C)c(C)n1-c1ccccc1.[Cl-]. The smallest absolute Gasteiger partial charge is 0.212 e. The van der Waals surface area contributed by atoms with Crippen molar-refractivity contribution in [1.29, 1.82) is 0 Å². The van der Waals surface area contributed by atoms with Crippen molar-refractivity contribution >= 4 is 28.7 Å². The van der Waals surface area contributed by atoms with Gasteiger partial charge in [0, 0.05) is 46.4 Å². The lowest BCUT2D eigenvalue weighted by Gasteiger charge is -2.09. The molecule has 4 heteroatoms. The number of aromatic nitrogens is 2. The molecule has 0 aliphatic rings. The zero-order valence-corrected chi connectivity index (χ0v) is 17.1. The van der Waals surface area contributed by atoms with E-state index >= 15 is 0 Å². The minimum absolute atomic E-state index is 0. The molecule has 3 nitrogen and oxygen atoms in total. The summed E-state index contributed by atoms with van der Waals surface area (Å²) in [4.78, 5) is 0. The van der Waals surface area contributed by atoms with Gasteiger partial charge in [-0.05, 0) is 61.9 Å². The Labute approximate surface area is 172 Å². The first-order valence-corrected chi connectivity index (χ1v) is 9.15. The lowest BCUT2D eigenvalue weighted by molar-refractivity contribution is -0.646. The number of para-hydroxylation sites is 1. The average Bonchev–Trinajstić information content (AvgIpc) is 2.95. The van der Waals surface area contributed by atoms with E-state index in [0.717, 1.165) is 16.8 Å². The van der Waals surface area contributed by atoms with Crippen LogP contribution >= 0.6 is 0 Å². The van der Waals surface area contributed by atoms with Gasteiger partial charge < -0.3 is 22.7 Å². The first kappa shape index (κ1) is 19.7. The quantitative estimate of drug-likeness (QED) is 0.421. The highest BCUT2D eigenvalue weighted by Crippen LogP contribution is 2.22. The summed E-state index contributed by atoms with van der Waals surface area (Å²) in [7, 11) is 2.09. The van der Waals surface area contributed by atoms with Crippen molar-refractivity contribution in [2.45, 2.75) is 13.8 Å². The standard InChI is InChI=1S/C24H24N3.ClH/c1-17-15-19(18(2)27(17)23-7-5-4-6-8-23)9-12-22-13-10-20-16-21(25)11-14-24(20)26(22)3;/h4-16H,25H2,1-3H3;1H/q+1;/p-1. The van der Waals surface area contributed by atoms with Crippen LogP contribution < -0.4 is 22.7 Å². The summed E-state index contributed by atoms with van der Waals surface area (Å²) in [5.41, 5.74) is 13.9. The second-order valence-corrected chi connectivity index (χ2v) is 6.97. The van der Waals surface area contributed by atoms with E-state index in [-0.39, 0.29) is 12.4 Å². The van der Waals surface area contributed by atoms with Crippen LogP contribution in [0.2, 0.25) is 0 Å². The third-order valence-electron chi connectivity index (χ3n) is 5.15. The summed E-state index contributed by atoms with van der Waals surface area (Å²) < 4.78 is 4.49. The van der Waals surface area contributed by atoms with Crippen molar-refractivity contribution in [3.05, 3.63) is 89.4 Å². The molecule has 0 saturated heterocycles. The molecule has 0 aliphatic carbocycles. The average molecular weight is 390 g/mol. The van der Waals surface area contributed by atoms with Crippen molar-refractivity contribution in [3.63, 3.8) is 0 Å². The first-order valence-electron chi connectivity index (χ1n) is 9.15. The van der Waals surface area contributed by atoms with E-state index in [1.807, 2.05) is 18.2 Å². The van der Waals surface area contributed by atoms with Crippen LogP contribution in [-0.4, -0.2) is 4.57 Å². The molecule has 0 fully saturated rings. The van der Waals surface area contributed by atoms with Gasteiger partial charge in [0.2, 0.25) is 11.2 Å². The van der Waals surface area contributed by atoms with E-state index in [1.165, 1.54) is 28.2 Å². The predicted molar refractivity (Wildman–Crippen MR) is 114 cm³/mol. The molecule has 28 heavy (non-hydrogen) atoms. The normalized spacial score (nSPS) is 11.1. The Hall–Kier alpha value is -3.04. The minimum atomic E-state index is 0. The van der Waals surface area contributed by atoms with Crippen LogP contribution in [0.15, 0.2) is 66.7 Å². The summed E-state index contributed by atoms with van der Waals surface area (Å²) in [6.45, 7) is 4.32. The molecule has 0 radical (unpaired) electrons. The summed E-state index contributed by atoms with van der Waals surface area (Å²) in [6, 6.07) is 23.0. The molecule has 2 N–H and O–H groups in total. The summed E-state index contributed by atoms with van der Waals surface area (Å²) in [6.07, 6.45) is 4.37. The second kappa shape index (κ2) is 7.91. The van der Waals surface area contributed by atoms with Crippen LogP contribution in [0.25, 0.3) is 28.7 Å². The van der Waals surface area contributed by atoms with Gasteiger partial charge in [-0.25, -0.2) is 0 Å². The molecule has 0 atom stereocenters. The number of rotatable bonds is 3. The fourth-order valence-corrected chi connectivity index (χ4v) is 3.71. The molecular formula is C24H24ClN3. The Morgan fingerprint density at radius 2 is 1.64 bits per heavy atom. The molecule has 0 unspecified atom stereocenters. The highest BCUT2D eigenvalue weighted by atomic mass is 35.5. The Balaban J connectivity index is 0.00000225. The number of nitrogens with two attached hydrogens (primary N) is 1. The monoisotopic (exact) mass is 389 g/mol. The number of halogens is 1. The van der Waals surface area contributed by atoms with Crippen molar-refractivity contribution in [2.75, 3.05) is 5.73 Å². The van der Waals surface area contributed by atoms with E-state index in [0.29, 0.717) is 0 Å². The fraction of sp³-hybridized carbons (Fsp3) is 0.125. The van der Waals surface area contributed by atoms with Crippen molar-refractivity contribution in [3.8, 4) is 5.69 Å². The van der Waals surface area contributed by atoms with Crippen molar-refractivity contribution in [2.24, 2.45) is 7.05 Å². The summed E-state index contributed by atoms with van der Waals surface area (Å²) >= 11 is 0. The zero-order chi connectivity index (χ0) is 19.0. The molecule has 0 saturated carbocycles. The van der Waals surface area contributed by atoms with Gasteiger partial charge in [0.25, 0.3) is 0 Å². The number of hydrogen-bond acceptors (Lipinski definition) is 1. The molecule has 2 aromatic carbocycles. The predicted octanol–water partition coefficient (Wildman–Crippen LogP) is 1.83. The van der Waals surface area contributed by atoms with Gasteiger partial charge in [-0.15, -0.1) is 0 Å². The Kier molecular flexibility index (Phi) is 5.57. The van der Waals surface area contributed by atoms with Crippen LogP contribution in [0.4, 0.5) is 5.69 Å². The number of aryl methyl sites for hydroxylation is 2. The fourth-order valence-electron chi connectivity index (χ4n) is 3.71. The van der Waals surface area contributed by atoms with Crippen molar-refractivity contribution in [1.82, 2.24) is 4.57 Å². The number of nitrogens with zero attached hydrogens (tertiary/aromatic N) is 2. The zero-order valence-electron chi connectivity index (χ0n) is 16.4. The molecule has 0 amide bonds. The van der Waals surface area contributed by atoms with E-state index < -0.39 is 0 Å². The maximum absolute atomic E-state index is 5.90. The van der Waals surface area contributed by atoms with Crippen LogP contribution in [0.1, 0.15) is 22.6 Å². The molecular weight excluding hydrogens is 366 g/mol. The van der Waals surface area contributed by atoms with Gasteiger partial charge >= 0.3 is 0 Å². The maximum Gasteiger partial charge on any atom is 0.212 e. The minimum Gasteiger partial charge on any atom is -1.00 e. The first-order chi connectivity index (χ1) is 13.0. The number of fused-ring (bicyclic) bond motifs is 1. The number of nitrogen functional groups attached to an aromatic ring is 1. The maximum atomic E-state index is 5.90. The van der Waals surface area contributed by atoms with E-state index in [4.69, 9.17) is 5.73 Å². The van der Waals surface area contributed by atoms with E-state index in [2.05, 4.69) is 90.7 Å². The van der Waals surface area contributed by atoms with Gasteiger partial charge in [0.1, 0.15) is 7.05 Å². The molecule has 4 rings (SSSR count). The lowest BCUT2D eigenvalue weighted by atomic mass is 10.1. The Bertz CT molecular complexity index is 1160. The highest BCUT2D eigenvalue weighted by molar-refractivity contribution is 5.80. The highest BCUT2D eigenvalue weighted by Gasteiger charge is 2.11. The molecule has 4 aromatic rings. The van der Waals surface area contributed by atoms with Gasteiger partial charge in [0.15, 0.2) is 0 Å². The molecule has 0 bridgehead atoms. The second-order valence-electron chi connectivity index (χ2n) is 6.97. The number of hydrogen-bond donors (Lipinski definition) is 1. The molecule has 2 heterocycles. The number of pyridine rings is 1. The third kappa shape index (κ3) is 3.54. The lowest BCUT2D eigenvalue weighted by Crippen LogP contribution is -3.00. The molecule has 0 spiro atoms. The number of benzene rings is 2. The largest absolute Gasteiger partial charge is 1.00 e. The summed E-state index contributed by atoms with van der Waals surface area (Å²) in [5.74, 6) is 0. The van der Waals surface area contributed by atoms with E-state index in [9.17, 15) is 0 Å². The molecule has 2 aromatic heterocycles. The van der Waals surface area contributed by atoms with Crippen molar-refractivity contribution < 1.29 is 17.0 Å². The van der Waals surface area contributed by atoms with Crippen LogP contribution in [-0.2, 0) is 7.05 Å². The van der Waals surface area contributed by atoms with E-state index in [1.54, 1.807) is 0 Å². The van der Waals surface area contributed by atoms with Crippen LogP contribution in [0.5, 0.6) is 0 Å². The van der Waals surface area contributed by atoms with Gasteiger partial charge in [-0.1, -0.05) is 18.2 Å². The third-order valence-corrected chi connectivity index (χ3v) is 5.15. The molecule has 0 aliphatic heterocycles. The van der Waals surface area contributed by atoms with Gasteiger partial charge in [-0.3, -0.25) is 0 Å². The topological polar surface area (TPSA) is 34.8 Å². The Morgan fingerprint density at radius 3 is 2.39 bits per heavy atom. The van der Waals surface area contributed by atoms with Gasteiger partial charge in [-0.2, -0.15) is 4.57 Å².